The van der Waals surface area contributed by atoms with E-state index in [0.717, 1.165) is 40.8 Å². The molecule has 0 bridgehead atoms. The van der Waals surface area contributed by atoms with Gasteiger partial charge in [0.15, 0.2) is 11.9 Å². The molecule has 5 nitrogen and oxygen atoms in total. The Morgan fingerprint density at radius 3 is 2.96 bits per heavy atom. The molecule has 0 fully saturated rings. The van der Waals surface area contributed by atoms with Gasteiger partial charge in [0.25, 0.3) is 5.56 Å². The van der Waals surface area contributed by atoms with Gasteiger partial charge in [-0.15, -0.1) is 11.3 Å². The highest BCUT2D eigenvalue weighted by Crippen LogP contribution is 2.36. The fourth-order valence-corrected chi connectivity index (χ4v) is 5.21. The van der Waals surface area contributed by atoms with Gasteiger partial charge in [-0.3, -0.25) is 9.59 Å². The second-order valence-electron chi connectivity index (χ2n) is 7.72. The maximum atomic E-state index is 12.7. The number of hydrogen-bond acceptors (Lipinski definition) is 5. The summed E-state index contributed by atoms with van der Waals surface area (Å²) < 4.78 is 5.55. The number of nitrogens with zero attached hydrogens (tertiary/aromatic N) is 1. The van der Waals surface area contributed by atoms with Crippen molar-refractivity contribution in [3.05, 3.63) is 62.0 Å². The fraction of sp³-hybridized carbons (Fsp3) is 0.409. The van der Waals surface area contributed by atoms with Crippen molar-refractivity contribution in [3.8, 4) is 0 Å². The predicted octanol–water partition coefficient (Wildman–Crippen LogP) is 4.26. The molecule has 1 aliphatic carbocycles. The summed E-state index contributed by atoms with van der Waals surface area (Å²) in [7, 11) is 0. The zero-order valence-corrected chi connectivity index (χ0v) is 17.2. The number of benzene rings is 1. The molecule has 1 aromatic carbocycles. The Hall–Kier alpha value is -2.47. The topological polar surface area (TPSA) is 72.0 Å². The highest BCUT2D eigenvalue weighted by Gasteiger charge is 2.24. The van der Waals surface area contributed by atoms with Crippen molar-refractivity contribution in [1.29, 1.82) is 0 Å². The smallest absolute Gasteiger partial charge is 0.310 e. The van der Waals surface area contributed by atoms with Gasteiger partial charge < -0.3 is 9.72 Å². The third kappa shape index (κ3) is 3.61. The number of carbonyl (C=O) groups is 1. The van der Waals surface area contributed by atoms with Crippen LogP contribution in [0.3, 0.4) is 0 Å². The molecule has 0 amide bonds. The number of fused-ring (bicyclic) bond motifs is 3. The van der Waals surface area contributed by atoms with E-state index in [4.69, 9.17) is 4.74 Å². The molecule has 1 aliphatic rings. The van der Waals surface area contributed by atoms with Crippen LogP contribution in [0.1, 0.15) is 53.8 Å². The molecule has 146 valence electrons. The van der Waals surface area contributed by atoms with Gasteiger partial charge in [-0.25, -0.2) is 4.98 Å². The Morgan fingerprint density at radius 1 is 1.39 bits per heavy atom. The molecular weight excluding hydrogens is 372 g/mol. The average Bonchev–Trinajstić information content (AvgIpc) is 3.01. The lowest BCUT2D eigenvalue weighted by atomic mass is 9.89. The molecular formula is C22H24N2O3S. The summed E-state index contributed by atoms with van der Waals surface area (Å²) in [6.07, 6.45) is 2.64. The van der Waals surface area contributed by atoms with Crippen molar-refractivity contribution in [1.82, 2.24) is 9.97 Å². The number of nitrogens with one attached hydrogen (secondary N) is 1. The van der Waals surface area contributed by atoms with E-state index in [1.54, 1.807) is 18.3 Å². The minimum Gasteiger partial charge on any atom is -0.454 e. The monoisotopic (exact) mass is 396 g/mol. The molecule has 0 saturated carbocycles. The largest absolute Gasteiger partial charge is 0.454 e. The van der Waals surface area contributed by atoms with Gasteiger partial charge in [0.05, 0.1) is 11.8 Å². The Balaban J connectivity index is 1.56. The van der Waals surface area contributed by atoms with Crippen LogP contribution in [0.2, 0.25) is 0 Å². The first-order valence-electron chi connectivity index (χ1n) is 9.70. The molecule has 0 unspecified atom stereocenters. The summed E-state index contributed by atoms with van der Waals surface area (Å²) in [4.78, 5) is 34.6. The number of ether oxygens (including phenoxy) is 1. The summed E-state index contributed by atoms with van der Waals surface area (Å²) >= 11 is 1.60. The van der Waals surface area contributed by atoms with Gasteiger partial charge in [-0.2, -0.15) is 0 Å². The Labute approximate surface area is 167 Å². The summed E-state index contributed by atoms with van der Waals surface area (Å²) in [5.74, 6) is 0.714. The SMILES string of the molecule is Cc1ccccc1CC(=O)O[C@@H](C)c1nc2sc3c(c2c(=O)[nH]1)CC[C@H](C)C3. The van der Waals surface area contributed by atoms with Crippen LogP contribution in [0, 0.1) is 12.8 Å². The normalized spacial score (nSPS) is 17.3. The summed E-state index contributed by atoms with van der Waals surface area (Å²) in [5.41, 5.74) is 3.02. The number of aromatic amines is 1. The molecule has 2 heterocycles. The maximum Gasteiger partial charge on any atom is 0.310 e. The first-order chi connectivity index (χ1) is 13.4. The van der Waals surface area contributed by atoms with E-state index in [0.29, 0.717) is 17.1 Å². The van der Waals surface area contributed by atoms with E-state index in [-0.39, 0.29) is 17.9 Å². The van der Waals surface area contributed by atoms with Crippen molar-refractivity contribution in [3.63, 3.8) is 0 Å². The highest BCUT2D eigenvalue weighted by molar-refractivity contribution is 7.18. The van der Waals surface area contributed by atoms with Crippen molar-refractivity contribution in [2.45, 2.75) is 52.6 Å². The van der Waals surface area contributed by atoms with E-state index < -0.39 is 6.10 Å². The number of aryl methyl sites for hydroxylation is 2. The second-order valence-corrected chi connectivity index (χ2v) is 8.80. The molecule has 0 aliphatic heterocycles. The molecule has 0 spiro atoms. The van der Waals surface area contributed by atoms with E-state index in [1.165, 1.54) is 4.88 Å². The fourth-order valence-electron chi connectivity index (χ4n) is 3.82. The van der Waals surface area contributed by atoms with Gasteiger partial charge >= 0.3 is 5.97 Å². The van der Waals surface area contributed by atoms with Crippen LogP contribution in [-0.2, 0) is 28.8 Å². The molecule has 1 N–H and O–H groups in total. The molecule has 4 rings (SSSR count). The number of hydrogen-bond donors (Lipinski definition) is 1. The van der Waals surface area contributed by atoms with E-state index in [9.17, 15) is 9.59 Å². The van der Waals surface area contributed by atoms with Crippen molar-refractivity contribution >= 4 is 27.5 Å². The Morgan fingerprint density at radius 2 is 2.18 bits per heavy atom. The quantitative estimate of drug-likeness (QED) is 0.669. The summed E-state index contributed by atoms with van der Waals surface area (Å²) in [6, 6.07) is 7.74. The van der Waals surface area contributed by atoms with Gasteiger partial charge in [0.1, 0.15) is 4.83 Å². The molecule has 0 saturated heterocycles. The first kappa shape index (κ1) is 18.9. The van der Waals surface area contributed by atoms with Crippen LogP contribution in [0.5, 0.6) is 0 Å². The number of thiophene rings is 1. The summed E-state index contributed by atoms with van der Waals surface area (Å²) in [6.45, 7) is 5.96. The van der Waals surface area contributed by atoms with Crippen LogP contribution >= 0.6 is 11.3 Å². The van der Waals surface area contributed by atoms with Gasteiger partial charge in [-0.05, 0) is 55.7 Å². The second kappa shape index (κ2) is 7.51. The third-order valence-corrected chi connectivity index (χ3v) is 6.62. The van der Waals surface area contributed by atoms with E-state index in [2.05, 4.69) is 16.9 Å². The predicted molar refractivity (Wildman–Crippen MR) is 111 cm³/mol. The van der Waals surface area contributed by atoms with Crippen molar-refractivity contribution < 1.29 is 9.53 Å². The van der Waals surface area contributed by atoms with E-state index in [1.807, 2.05) is 31.2 Å². The number of esters is 1. The maximum absolute atomic E-state index is 12.7. The van der Waals surface area contributed by atoms with E-state index >= 15 is 0 Å². The number of carbonyl (C=O) groups excluding carboxylic acids is 1. The van der Waals surface area contributed by atoms with Crippen LogP contribution in [0.15, 0.2) is 29.1 Å². The Kier molecular flexibility index (Phi) is 5.06. The van der Waals surface area contributed by atoms with Gasteiger partial charge in [0, 0.05) is 4.88 Å². The van der Waals surface area contributed by atoms with Gasteiger partial charge in [-0.1, -0.05) is 31.2 Å². The first-order valence-corrected chi connectivity index (χ1v) is 10.5. The third-order valence-electron chi connectivity index (χ3n) is 5.47. The Bertz CT molecular complexity index is 1100. The van der Waals surface area contributed by atoms with Crippen molar-refractivity contribution in [2.75, 3.05) is 0 Å². The number of H-pyrrole nitrogens is 1. The molecule has 0 radical (unpaired) electrons. The minimum absolute atomic E-state index is 0.131. The standard InChI is InChI=1S/C22H24N2O3S/c1-12-8-9-16-17(10-12)28-22-19(16)21(26)23-20(24-22)14(3)27-18(25)11-15-7-5-4-6-13(15)2/h4-7,12,14H,8-11H2,1-3H3,(H,23,24,26)/t12-,14-/m0/s1. The molecule has 28 heavy (non-hydrogen) atoms. The molecule has 3 aromatic rings. The molecule has 2 atom stereocenters. The zero-order chi connectivity index (χ0) is 19.8. The molecule has 2 aromatic heterocycles. The lowest BCUT2D eigenvalue weighted by Gasteiger charge is -2.17. The number of aromatic nitrogens is 2. The number of rotatable bonds is 4. The highest BCUT2D eigenvalue weighted by atomic mass is 32.1. The van der Waals surface area contributed by atoms with Gasteiger partial charge in [0.2, 0.25) is 0 Å². The lowest BCUT2D eigenvalue weighted by Crippen LogP contribution is -2.19. The van der Waals surface area contributed by atoms with Crippen LogP contribution in [-0.4, -0.2) is 15.9 Å². The van der Waals surface area contributed by atoms with Crippen molar-refractivity contribution in [2.24, 2.45) is 5.92 Å². The lowest BCUT2D eigenvalue weighted by molar-refractivity contribution is -0.148. The van der Waals surface area contributed by atoms with Crippen LogP contribution < -0.4 is 5.56 Å². The van der Waals surface area contributed by atoms with Crippen LogP contribution in [0.25, 0.3) is 10.2 Å². The zero-order valence-electron chi connectivity index (χ0n) is 16.4. The minimum atomic E-state index is -0.605. The molecule has 6 heteroatoms. The van der Waals surface area contributed by atoms with Crippen LogP contribution in [0.4, 0.5) is 0 Å². The summed E-state index contributed by atoms with van der Waals surface area (Å²) in [5, 5.41) is 0.717. The average molecular weight is 397 g/mol.